The minimum absolute atomic E-state index is 0.162. The van der Waals surface area contributed by atoms with E-state index in [4.69, 9.17) is 5.21 Å². The van der Waals surface area contributed by atoms with Crippen molar-refractivity contribution in [3.05, 3.63) is 35.4 Å². The smallest absolute Gasteiger partial charge is 0.327 e. The Labute approximate surface area is 102 Å². The second-order valence-corrected chi connectivity index (χ2v) is 4.14. The number of fused-ring (bicyclic) bond motifs is 1. The molecular weight excluding hydrogens is 238 g/mol. The van der Waals surface area contributed by atoms with Crippen LogP contribution in [0.3, 0.4) is 0 Å². The van der Waals surface area contributed by atoms with Crippen molar-refractivity contribution in [2.45, 2.75) is 12.8 Å². The van der Waals surface area contributed by atoms with Gasteiger partial charge in [-0.1, -0.05) is 24.3 Å². The lowest BCUT2D eigenvalue weighted by Crippen LogP contribution is -2.53. The van der Waals surface area contributed by atoms with E-state index in [-0.39, 0.29) is 12.0 Å². The van der Waals surface area contributed by atoms with E-state index in [1.165, 1.54) is 11.5 Å². The van der Waals surface area contributed by atoms with E-state index in [1.54, 1.807) is 18.2 Å². The summed E-state index contributed by atoms with van der Waals surface area (Å²) in [6, 6.07) is 6.55. The highest BCUT2D eigenvalue weighted by molar-refractivity contribution is 6.27. The van der Waals surface area contributed by atoms with E-state index in [1.807, 2.05) is 0 Å². The van der Waals surface area contributed by atoms with E-state index in [2.05, 4.69) is 0 Å². The molecule has 94 valence electrons. The number of carbonyl (C=O) groups excluding carboxylic acids is 2. The van der Waals surface area contributed by atoms with Crippen molar-refractivity contribution in [3.63, 3.8) is 0 Å². The van der Waals surface area contributed by atoms with Crippen LogP contribution in [0.2, 0.25) is 0 Å². The average molecular weight is 249 g/mol. The molecule has 3 N–H and O–H groups in total. The zero-order valence-electron chi connectivity index (χ0n) is 9.34. The van der Waals surface area contributed by atoms with Crippen LogP contribution in [0, 0.1) is 5.41 Å². The Morgan fingerprint density at radius 1 is 1.28 bits per heavy atom. The minimum Gasteiger partial charge on any atom is -0.480 e. The molecule has 0 saturated heterocycles. The van der Waals surface area contributed by atoms with Gasteiger partial charge in [0.15, 0.2) is 5.78 Å². The van der Waals surface area contributed by atoms with Crippen molar-refractivity contribution in [2.75, 3.05) is 0 Å². The normalized spacial score (nSPS) is 22.2. The minimum atomic E-state index is -2.23. The Morgan fingerprint density at radius 2 is 1.94 bits per heavy atom. The number of hydrogen-bond acceptors (Lipinski definition) is 4. The predicted molar refractivity (Wildman–Crippen MR) is 59.1 cm³/mol. The van der Waals surface area contributed by atoms with Crippen molar-refractivity contribution >= 4 is 17.7 Å². The fourth-order valence-corrected chi connectivity index (χ4v) is 2.24. The van der Waals surface area contributed by atoms with Gasteiger partial charge in [0.05, 0.1) is 0 Å². The summed E-state index contributed by atoms with van der Waals surface area (Å²) < 4.78 is 0. The number of nitrogens with one attached hydrogen (secondary N) is 1. The van der Waals surface area contributed by atoms with Crippen LogP contribution in [0.15, 0.2) is 24.3 Å². The van der Waals surface area contributed by atoms with Crippen LogP contribution in [0.25, 0.3) is 0 Å². The Kier molecular flexibility index (Phi) is 2.88. The summed E-state index contributed by atoms with van der Waals surface area (Å²) in [5, 5.41) is 17.8. The molecular formula is C12H11NO5. The van der Waals surface area contributed by atoms with Gasteiger partial charge in [0.1, 0.15) is 0 Å². The molecule has 1 aliphatic rings. The summed E-state index contributed by atoms with van der Waals surface area (Å²) in [4.78, 5) is 35.1. The summed E-state index contributed by atoms with van der Waals surface area (Å²) in [5.41, 5.74) is -0.0251. The second kappa shape index (κ2) is 4.23. The number of benzene rings is 1. The fraction of sp³-hybridized carbons (Fsp3) is 0.250. The van der Waals surface area contributed by atoms with Gasteiger partial charge in [-0.3, -0.25) is 19.6 Å². The molecule has 1 aromatic rings. The maximum atomic E-state index is 12.2. The Bertz CT molecular complexity index is 539. The highest BCUT2D eigenvalue weighted by atomic mass is 16.5. The van der Waals surface area contributed by atoms with E-state index < -0.39 is 23.1 Å². The van der Waals surface area contributed by atoms with Crippen molar-refractivity contribution in [2.24, 2.45) is 5.41 Å². The monoisotopic (exact) mass is 249 g/mol. The number of carboxylic acid groups (broad SMARTS) is 1. The molecule has 2 rings (SSSR count). The van der Waals surface area contributed by atoms with E-state index in [0.29, 0.717) is 12.0 Å². The molecule has 1 unspecified atom stereocenters. The predicted octanol–water partition coefficient (Wildman–Crippen LogP) is 0.392. The van der Waals surface area contributed by atoms with Crippen LogP contribution in [0.4, 0.5) is 0 Å². The van der Waals surface area contributed by atoms with Crippen LogP contribution < -0.4 is 5.48 Å². The SMILES string of the molecule is O=C(O)C1(C(=O)NO)CCc2ccccc2C1=O. The first kappa shape index (κ1) is 12.3. The molecule has 1 aliphatic carbocycles. The van der Waals surface area contributed by atoms with Gasteiger partial charge in [0.2, 0.25) is 5.41 Å². The summed E-state index contributed by atoms with van der Waals surface area (Å²) in [5.74, 6) is -3.54. The first-order valence-electron chi connectivity index (χ1n) is 5.34. The summed E-state index contributed by atoms with van der Waals surface area (Å²) >= 11 is 0. The number of aryl methyl sites for hydroxylation is 1. The summed E-state index contributed by atoms with van der Waals surface area (Å²) in [7, 11) is 0. The molecule has 0 aromatic heterocycles. The Hall–Kier alpha value is -2.21. The molecule has 0 aliphatic heterocycles. The van der Waals surface area contributed by atoms with Crippen LogP contribution in [0.5, 0.6) is 0 Å². The molecule has 0 spiro atoms. The van der Waals surface area contributed by atoms with Gasteiger partial charge in [-0.15, -0.1) is 0 Å². The number of amides is 1. The molecule has 0 saturated carbocycles. The molecule has 18 heavy (non-hydrogen) atoms. The van der Waals surface area contributed by atoms with E-state index in [0.717, 1.165) is 0 Å². The first-order valence-corrected chi connectivity index (χ1v) is 5.34. The van der Waals surface area contributed by atoms with Gasteiger partial charge in [-0.2, -0.15) is 0 Å². The number of rotatable bonds is 2. The van der Waals surface area contributed by atoms with Crippen molar-refractivity contribution in [3.8, 4) is 0 Å². The highest BCUT2D eigenvalue weighted by Gasteiger charge is 2.55. The molecule has 0 fully saturated rings. The molecule has 6 heteroatoms. The van der Waals surface area contributed by atoms with Crippen LogP contribution in [-0.2, 0) is 16.0 Å². The lowest BCUT2D eigenvalue weighted by atomic mass is 9.70. The maximum Gasteiger partial charge on any atom is 0.327 e. The number of hydrogen-bond donors (Lipinski definition) is 3. The average Bonchev–Trinajstić information content (AvgIpc) is 2.38. The first-order chi connectivity index (χ1) is 8.54. The quantitative estimate of drug-likeness (QED) is 0.399. The van der Waals surface area contributed by atoms with Crippen LogP contribution in [0.1, 0.15) is 22.3 Å². The Balaban J connectivity index is 2.57. The molecule has 0 radical (unpaired) electrons. The molecule has 0 bridgehead atoms. The molecule has 1 aromatic carbocycles. The summed E-state index contributed by atoms with van der Waals surface area (Å²) in [6.07, 6.45) is 0.131. The topological polar surface area (TPSA) is 104 Å². The van der Waals surface area contributed by atoms with Gasteiger partial charge in [-0.05, 0) is 18.4 Å². The molecule has 1 atom stereocenters. The van der Waals surface area contributed by atoms with Crippen LogP contribution >= 0.6 is 0 Å². The van der Waals surface area contributed by atoms with Crippen molar-refractivity contribution < 1.29 is 24.7 Å². The number of carbonyl (C=O) groups is 3. The number of carboxylic acids is 1. The zero-order valence-corrected chi connectivity index (χ0v) is 9.34. The number of Topliss-reactive ketones (excluding diaryl/α,β-unsaturated/α-hetero) is 1. The van der Waals surface area contributed by atoms with E-state index in [9.17, 15) is 19.5 Å². The van der Waals surface area contributed by atoms with Gasteiger partial charge in [0, 0.05) is 5.56 Å². The largest absolute Gasteiger partial charge is 0.480 e. The second-order valence-electron chi connectivity index (χ2n) is 4.14. The van der Waals surface area contributed by atoms with Crippen molar-refractivity contribution in [1.29, 1.82) is 0 Å². The zero-order chi connectivity index (χ0) is 13.3. The molecule has 1 amide bonds. The molecule has 0 heterocycles. The van der Waals surface area contributed by atoms with E-state index >= 15 is 0 Å². The van der Waals surface area contributed by atoms with Gasteiger partial charge in [0.25, 0.3) is 5.91 Å². The maximum absolute atomic E-state index is 12.2. The lowest BCUT2D eigenvalue weighted by Gasteiger charge is -2.30. The number of ketones is 1. The van der Waals surface area contributed by atoms with Crippen LogP contribution in [-0.4, -0.2) is 28.0 Å². The summed E-state index contributed by atoms with van der Waals surface area (Å²) in [6.45, 7) is 0. The third-order valence-corrected chi connectivity index (χ3v) is 3.27. The third-order valence-electron chi connectivity index (χ3n) is 3.27. The fourth-order valence-electron chi connectivity index (χ4n) is 2.24. The molecule has 6 nitrogen and oxygen atoms in total. The number of hydroxylamine groups is 1. The van der Waals surface area contributed by atoms with Gasteiger partial charge < -0.3 is 5.11 Å². The number of aliphatic carboxylic acids is 1. The standard InChI is InChI=1S/C12H11NO5/c14-9-8-4-2-1-3-7(8)5-6-12(9,11(16)17)10(15)13-18/h1-4,18H,5-6H2,(H,13,15)(H,16,17). The van der Waals surface area contributed by atoms with Gasteiger partial charge in [-0.25, -0.2) is 5.48 Å². The lowest BCUT2D eigenvalue weighted by molar-refractivity contribution is -0.156. The third kappa shape index (κ3) is 1.50. The highest BCUT2D eigenvalue weighted by Crippen LogP contribution is 2.36. The van der Waals surface area contributed by atoms with Gasteiger partial charge >= 0.3 is 5.97 Å². The Morgan fingerprint density at radius 3 is 2.56 bits per heavy atom. The van der Waals surface area contributed by atoms with Crippen molar-refractivity contribution in [1.82, 2.24) is 5.48 Å².